The molecule has 0 bridgehead atoms. The van der Waals surface area contributed by atoms with Gasteiger partial charge in [0.15, 0.2) is 10.7 Å². The highest BCUT2D eigenvalue weighted by atomic mass is 32.2. The zero-order valence-corrected chi connectivity index (χ0v) is 6.38. The van der Waals surface area contributed by atoms with Gasteiger partial charge in [-0.05, 0) is 12.1 Å². The van der Waals surface area contributed by atoms with Crippen molar-refractivity contribution in [2.45, 2.75) is 4.90 Å². The Balaban J connectivity index is 3.20. The minimum atomic E-state index is -2.60. The average Bonchev–Trinajstić information content (AvgIpc) is 2.05. The number of benzene rings is 1. The van der Waals surface area contributed by atoms with Gasteiger partial charge in [-0.15, -0.1) is 0 Å². The first-order valence-corrected chi connectivity index (χ1v) is 4.04. The summed E-state index contributed by atoms with van der Waals surface area (Å²) in [6.45, 7) is 0. The molecule has 0 fully saturated rings. The summed E-state index contributed by atoms with van der Waals surface area (Å²) in [5, 5.41) is 0. The van der Waals surface area contributed by atoms with E-state index in [4.69, 9.17) is 0 Å². The molecule has 0 saturated heterocycles. The molecular formula is C7H5O3S. The molecule has 0 N–H and O–H groups in total. The van der Waals surface area contributed by atoms with E-state index < -0.39 is 10.7 Å². The summed E-state index contributed by atoms with van der Waals surface area (Å²) in [6.07, 6.45) is 1.60. The second-order valence-electron chi connectivity index (χ2n) is 1.91. The minimum Gasteiger partial charge on any atom is -0.285 e. The normalized spacial score (nSPS) is 9.91. The third kappa shape index (κ3) is 1.88. The molecule has 0 aliphatic rings. The maximum Gasteiger partial charge on any atom is 0.233 e. The van der Waals surface area contributed by atoms with Crippen molar-refractivity contribution in [2.75, 3.05) is 0 Å². The number of hydrogen-bond donors (Lipinski definition) is 1. The van der Waals surface area contributed by atoms with Gasteiger partial charge in [0.2, 0.25) is 6.29 Å². The molecule has 0 aliphatic heterocycles. The zero-order valence-electron chi connectivity index (χ0n) is 5.48. The maximum atomic E-state index is 10.4. The first-order valence-electron chi connectivity index (χ1n) is 2.86. The molecule has 0 unspecified atom stereocenters. The Morgan fingerprint density at radius 2 is 2.00 bits per heavy atom. The summed E-state index contributed by atoms with van der Waals surface area (Å²) in [5.74, 6) is 0. The molecule has 1 radical (unpaired) electrons. The SMILES string of the molecule is O=[C]c1cccc([SH](=O)=O)c1. The van der Waals surface area contributed by atoms with Crippen LogP contribution in [-0.2, 0) is 15.5 Å². The van der Waals surface area contributed by atoms with Crippen molar-refractivity contribution in [1.29, 1.82) is 0 Å². The Morgan fingerprint density at radius 3 is 2.55 bits per heavy atom. The van der Waals surface area contributed by atoms with Gasteiger partial charge >= 0.3 is 0 Å². The Kier molecular flexibility index (Phi) is 2.38. The lowest BCUT2D eigenvalue weighted by Crippen LogP contribution is -1.83. The predicted octanol–water partition coefficient (Wildman–Crippen LogP) is 0.115. The Hall–Kier alpha value is -1.16. The molecule has 0 aromatic heterocycles. The molecule has 4 heteroatoms. The highest BCUT2D eigenvalue weighted by Gasteiger charge is 1.95. The van der Waals surface area contributed by atoms with Crippen LogP contribution in [0, 0.1) is 0 Å². The fourth-order valence-electron chi connectivity index (χ4n) is 0.683. The highest BCUT2D eigenvalue weighted by Crippen LogP contribution is 2.03. The van der Waals surface area contributed by atoms with Gasteiger partial charge in [0.05, 0.1) is 4.90 Å². The van der Waals surface area contributed by atoms with Crippen LogP contribution >= 0.6 is 0 Å². The van der Waals surface area contributed by atoms with Crippen LogP contribution in [0.5, 0.6) is 0 Å². The van der Waals surface area contributed by atoms with Crippen molar-refractivity contribution in [3.8, 4) is 0 Å². The first-order chi connectivity index (χ1) is 5.24. The van der Waals surface area contributed by atoms with Crippen LogP contribution in [0.2, 0.25) is 0 Å². The molecule has 0 saturated carbocycles. The van der Waals surface area contributed by atoms with Crippen LogP contribution < -0.4 is 0 Å². The van der Waals surface area contributed by atoms with E-state index in [2.05, 4.69) is 0 Å². The molecular weight excluding hydrogens is 164 g/mol. The second kappa shape index (κ2) is 3.30. The van der Waals surface area contributed by atoms with E-state index in [0.717, 1.165) is 0 Å². The molecule has 0 aliphatic carbocycles. The summed E-state index contributed by atoms with van der Waals surface area (Å²) >= 11 is 0. The van der Waals surface area contributed by atoms with Gasteiger partial charge in [-0.25, -0.2) is 8.42 Å². The van der Waals surface area contributed by atoms with Crippen LogP contribution in [0.25, 0.3) is 0 Å². The Labute approximate surface area is 65.6 Å². The summed E-state index contributed by atoms with van der Waals surface area (Å²) < 4.78 is 20.8. The van der Waals surface area contributed by atoms with E-state index in [0.29, 0.717) is 0 Å². The molecule has 1 rings (SSSR count). The van der Waals surface area contributed by atoms with Crippen LogP contribution in [0.4, 0.5) is 0 Å². The molecule has 57 valence electrons. The van der Waals surface area contributed by atoms with Gasteiger partial charge in [0, 0.05) is 5.56 Å². The highest BCUT2D eigenvalue weighted by molar-refractivity contribution is 7.72. The molecule has 0 spiro atoms. The summed E-state index contributed by atoms with van der Waals surface area (Å²) in [4.78, 5) is 10.2. The quantitative estimate of drug-likeness (QED) is 0.639. The monoisotopic (exact) mass is 169 g/mol. The molecule has 0 heterocycles. The van der Waals surface area contributed by atoms with E-state index in [1.807, 2.05) is 0 Å². The van der Waals surface area contributed by atoms with Crippen LogP contribution in [0.3, 0.4) is 0 Å². The fraction of sp³-hybridized carbons (Fsp3) is 0. The third-order valence-electron chi connectivity index (χ3n) is 1.17. The lowest BCUT2D eigenvalue weighted by atomic mass is 10.2. The summed E-state index contributed by atoms with van der Waals surface area (Å²) in [6, 6.07) is 5.70. The molecule has 1 aromatic rings. The van der Waals surface area contributed by atoms with Crippen molar-refractivity contribution in [2.24, 2.45) is 0 Å². The Morgan fingerprint density at radius 1 is 1.27 bits per heavy atom. The standard InChI is InChI=1S/C7H5O3S/c8-5-6-2-1-3-7(4-6)11(9)10/h1-4,11H. The van der Waals surface area contributed by atoms with E-state index in [1.54, 1.807) is 6.29 Å². The van der Waals surface area contributed by atoms with E-state index in [-0.39, 0.29) is 10.5 Å². The van der Waals surface area contributed by atoms with Gasteiger partial charge < -0.3 is 0 Å². The zero-order chi connectivity index (χ0) is 8.27. The van der Waals surface area contributed by atoms with E-state index in [9.17, 15) is 13.2 Å². The third-order valence-corrected chi connectivity index (χ3v) is 1.87. The van der Waals surface area contributed by atoms with E-state index in [1.165, 1.54) is 24.3 Å². The molecule has 3 nitrogen and oxygen atoms in total. The van der Waals surface area contributed by atoms with Crippen molar-refractivity contribution in [1.82, 2.24) is 0 Å². The van der Waals surface area contributed by atoms with Crippen LogP contribution in [-0.4, -0.2) is 14.7 Å². The lowest BCUT2D eigenvalue weighted by molar-refractivity contribution is 0.562. The van der Waals surface area contributed by atoms with Crippen LogP contribution in [0.1, 0.15) is 5.56 Å². The van der Waals surface area contributed by atoms with Crippen LogP contribution in [0.15, 0.2) is 29.2 Å². The largest absolute Gasteiger partial charge is 0.285 e. The topological polar surface area (TPSA) is 51.2 Å². The van der Waals surface area contributed by atoms with Gasteiger partial charge in [-0.1, -0.05) is 12.1 Å². The smallest absolute Gasteiger partial charge is 0.233 e. The number of carbonyl (C=O) groups excluding carboxylic acids is 1. The van der Waals surface area contributed by atoms with E-state index >= 15 is 0 Å². The predicted molar refractivity (Wildman–Crippen MR) is 39.8 cm³/mol. The minimum absolute atomic E-state index is 0.140. The second-order valence-corrected chi connectivity index (χ2v) is 2.94. The average molecular weight is 169 g/mol. The van der Waals surface area contributed by atoms with Gasteiger partial charge in [0.1, 0.15) is 0 Å². The first kappa shape index (κ1) is 7.94. The molecule has 0 atom stereocenters. The molecule has 0 amide bonds. The number of hydrogen-bond acceptors (Lipinski definition) is 3. The number of rotatable bonds is 2. The van der Waals surface area contributed by atoms with Crippen molar-refractivity contribution in [3.05, 3.63) is 29.8 Å². The van der Waals surface area contributed by atoms with Crippen molar-refractivity contribution in [3.63, 3.8) is 0 Å². The molecule has 1 aromatic carbocycles. The van der Waals surface area contributed by atoms with Crippen molar-refractivity contribution >= 4 is 17.0 Å². The molecule has 11 heavy (non-hydrogen) atoms. The summed E-state index contributed by atoms with van der Waals surface area (Å²) in [5.41, 5.74) is 0.252. The fourth-order valence-corrected chi connectivity index (χ4v) is 1.14. The number of thiol groups is 1. The maximum absolute atomic E-state index is 10.4. The van der Waals surface area contributed by atoms with Gasteiger partial charge in [0.25, 0.3) is 0 Å². The summed E-state index contributed by atoms with van der Waals surface area (Å²) in [7, 11) is -2.60. The Bertz CT molecular complexity index is 333. The lowest BCUT2D eigenvalue weighted by Gasteiger charge is -1.89. The van der Waals surface area contributed by atoms with Gasteiger partial charge in [-0.2, -0.15) is 0 Å². The van der Waals surface area contributed by atoms with Gasteiger partial charge in [-0.3, -0.25) is 4.79 Å². The van der Waals surface area contributed by atoms with Crippen molar-refractivity contribution < 1.29 is 13.2 Å².